The van der Waals surface area contributed by atoms with Gasteiger partial charge in [-0.1, -0.05) is 65.8 Å². The van der Waals surface area contributed by atoms with Crippen molar-refractivity contribution in [3.8, 4) is 11.3 Å². The lowest BCUT2D eigenvalue weighted by Crippen LogP contribution is -2.25. The summed E-state index contributed by atoms with van der Waals surface area (Å²) in [7, 11) is 0. The molecule has 4 rings (SSSR count). The number of hydrogen-bond donors (Lipinski definition) is 0. The van der Waals surface area contributed by atoms with Crippen LogP contribution in [0.4, 0.5) is 5.88 Å². The number of carbonyl (C=O) groups excluding carboxylic acids is 1. The minimum Gasteiger partial charge on any atom is -0.335 e. The molecule has 2 aromatic carbocycles. The van der Waals surface area contributed by atoms with E-state index < -0.39 is 0 Å². The maximum Gasteiger partial charge on any atom is 0.262 e. The summed E-state index contributed by atoms with van der Waals surface area (Å²) in [4.78, 5) is 17.4. The van der Waals surface area contributed by atoms with Crippen molar-refractivity contribution in [3.05, 3.63) is 71.8 Å². The number of fused-ring (bicyclic) bond motifs is 1. The van der Waals surface area contributed by atoms with Crippen LogP contribution in [0.5, 0.6) is 0 Å². The van der Waals surface area contributed by atoms with E-state index in [1.165, 1.54) is 0 Å². The van der Waals surface area contributed by atoms with E-state index in [2.05, 4.69) is 10.1 Å². The Morgan fingerprint density at radius 2 is 1.52 bits per heavy atom. The molecular formula is C19H14N2O2. The van der Waals surface area contributed by atoms with Crippen LogP contribution in [-0.2, 0) is 0 Å². The van der Waals surface area contributed by atoms with E-state index in [1.54, 1.807) is 0 Å². The van der Waals surface area contributed by atoms with Crippen LogP contribution in [0.2, 0.25) is 0 Å². The van der Waals surface area contributed by atoms with Crippen molar-refractivity contribution in [1.29, 1.82) is 0 Å². The molecule has 3 aromatic rings. The van der Waals surface area contributed by atoms with Crippen LogP contribution in [0.15, 0.2) is 70.2 Å². The van der Waals surface area contributed by atoms with Gasteiger partial charge in [0, 0.05) is 5.56 Å². The third kappa shape index (κ3) is 2.19. The first-order chi connectivity index (χ1) is 11.3. The molecule has 0 radical (unpaired) electrons. The largest absolute Gasteiger partial charge is 0.335 e. The summed E-state index contributed by atoms with van der Waals surface area (Å²) in [6, 6.07) is 19.3. The molecule has 23 heavy (non-hydrogen) atoms. The van der Waals surface area contributed by atoms with Gasteiger partial charge in [-0.15, -0.1) is 0 Å². The zero-order chi connectivity index (χ0) is 15.8. The van der Waals surface area contributed by atoms with Crippen LogP contribution in [0.25, 0.3) is 11.3 Å². The van der Waals surface area contributed by atoms with Gasteiger partial charge in [0.2, 0.25) is 0 Å². The lowest BCUT2D eigenvalue weighted by Gasteiger charge is -2.18. The zero-order valence-corrected chi connectivity index (χ0v) is 12.6. The average Bonchev–Trinajstić information content (AvgIpc) is 3.04. The van der Waals surface area contributed by atoms with Gasteiger partial charge in [0.05, 0.1) is 11.6 Å². The molecule has 112 valence electrons. The van der Waals surface area contributed by atoms with Crippen LogP contribution >= 0.6 is 0 Å². The van der Waals surface area contributed by atoms with E-state index in [0.29, 0.717) is 17.1 Å². The second kappa shape index (κ2) is 5.32. The van der Waals surface area contributed by atoms with Crippen LogP contribution < -0.4 is 0 Å². The molecule has 1 aliphatic rings. The first-order valence-corrected chi connectivity index (χ1v) is 7.49. The Balaban J connectivity index is 1.87. The van der Waals surface area contributed by atoms with Gasteiger partial charge in [0.1, 0.15) is 11.3 Å². The zero-order valence-electron chi connectivity index (χ0n) is 12.6. The van der Waals surface area contributed by atoms with E-state index in [-0.39, 0.29) is 11.7 Å². The van der Waals surface area contributed by atoms with Crippen LogP contribution in [-0.4, -0.2) is 16.7 Å². The average molecular weight is 302 g/mol. The van der Waals surface area contributed by atoms with Crippen molar-refractivity contribution in [3.63, 3.8) is 0 Å². The standard InChI is InChI=1S/C19H14N2O2/c1-12-16(13-8-4-2-5-9-13)20-19-15(18(12)22)17(21-23-19)14-10-6-3-7-11-14/h2-12H,1H3. The van der Waals surface area contributed by atoms with Crippen molar-refractivity contribution in [2.24, 2.45) is 10.9 Å². The Bertz CT molecular complexity index is 896. The number of aromatic nitrogens is 1. The Morgan fingerprint density at radius 1 is 0.913 bits per heavy atom. The van der Waals surface area contributed by atoms with E-state index in [1.807, 2.05) is 67.6 Å². The van der Waals surface area contributed by atoms with Crippen LogP contribution in [0, 0.1) is 5.92 Å². The summed E-state index contributed by atoms with van der Waals surface area (Å²) in [5.74, 6) is -0.0356. The van der Waals surface area contributed by atoms with Crippen LogP contribution in [0.1, 0.15) is 22.8 Å². The minimum absolute atomic E-state index is 0.00560. The Kier molecular flexibility index (Phi) is 3.15. The normalized spacial score (nSPS) is 16.8. The van der Waals surface area contributed by atoms with E-state index in [0.717, 1.165) is 16.8 Å². The summed E-state index contributed by atoms with van der Waals surface area (Å²) in [6.07, 6.45) is 0. The molecule has 0 N–H and O–H groups in total. The molecule has 0 spiro atoms. The highest BCUT2D eigenvalue weighted by atomic mass is 16.5. The van der Waals surface area contributed by atoms with Gasteiger partial charge in [0.25, 0.3) is 5.88 Å². The molecule has 0 saturated heterocycles. The van der Waals surface area contributed by atoms with Gasteiger partial charge in [-0.25, -0.2) is 4.99 Å². The number of carbonyl (C=O) groups is 1. The Morgan fingerprint density at radius 3 is 2.17 bits per heavy atom. The smallest absolute Gasteiger partial charge is 0.262 e. The summed E-state index contributed by atoms with van der Waals surface area (Å²) < 4.78 is 5.35. The van der Waals surface area contributed by atoms with Crippen molar-refractivity contribution in [1.82, 2.24) is 5.16 Å². The summed E-state index contributed by atoms with van der Waals surface area (Å²) in [5.41, 5.74) is 3.55. The number of rotatable bonds is 2. The molecule has 1 aromatic heterocycles. The Hall–Kier alpha value is -3.01. The topological polar surface area (TPSA) is 55.5 Å². The van der Waals surface area contributed by atoms with Gasteiger partial charge in [0.15, 0.2) is 5.78 Å². The van der Waals surface area contributed by atoms with E-state index in [9.17, 15) is 4.79 Å². The molecule has 4 nitrogen and oxygen atoms in total. The highest BCUT2D eigenvalue weighted by molar-refractivity contribution is 6.23. The first-order valence-electron chi connectivity index (χ1n) is 7.49. The summed E-state index contributed by atoms with van der Waals surface area (Å²) >= 11 is 0. The third-order valence-corrected chi connectivity index (χ3v) is 4.06. The maximum atomic E-state index is 12.9. The van der Waals surface area contributed by atoms with Gasteiger partial charge >= 0.3 is 0 Å². The first kappa shape index (κ1) is 13.6. The quantitative estimate of drug-likeness (QED) is 0.709. The van der Waals surface area contributed by atoms with Crippen molar-refractivity contribution in [2.75, 3.05) is 0 Å². The minimum atomic E-state index is -0.327. The highest BCUT2D eigenvalue weighted by Gasteiger charge is 2.34. The predicted octanol–water partition coefficient (Wildman–Crippen LogP) is 4.29. The number of hydrogen-bond acceptors (Lipinski definition) is 4. The molecule has 0 amide bonds. The molecule has 0 fully saturated rings. The van der Waals surface area contributed by atoms with Gasteiger partial charge < -0.3 is 4.52 Å². The van der Waals surface area contributed by atoms with E-state index >= 15 is 0 Å². The summed E-state index contributed by atoms with van der Waals surface area (Å²) in [5, 5.41) is 4.08. The SMILES string of the molecule is CC1C(=O)c2c(-c3ccccc3)noc2N=C1c1ccccc1. The monoisotopic (exact) mass is 302 g/mol. The number of benzene rings is 2. The Labute approximate surface area is 133 Å². The number of Topliss-reactive ketones (excluding diaryl/α,β-unsaturated/α-hetero) is 1. The van der Waals surface area contributed by atoms with E-state index in [4.69, 9.17) is 4.52 Å². The lowest BCUT2D eigenvalue weighted by atomic mass is 9.87. The molecule has 4 heteroatoms. The second-order valence-corrected chi connectivity index (χ2v) is 5.53. The van der Waals surface area contributed by atoms with Crippen molar-refractivity contribution < 1.29 is 9.32 Å². The second-order valence-electron chi connectivity index (χ2n) is 5.53. The molecule has 2 heterocycles. The molecule has 1 unspecified atom stereocenters. The van der Waals surface area contributed by atoms with Crippen molar-refractivity contribution >= 4 is 17.4 Å². The fourth-order valence-electron chi connectivity index (χ4n) is 2.84. The van der Waals surface area contributed by atoms with Gasteiger partial charge in [-0.2, -0.15) is 0 Å². The van der Waals surface area contributed by atoms with Gasteiger partial charge in [-0.3, -0.25) is 4.79 Å². The maximum absolute atomic E-state index is 12.9. The number of nitrogens with zero attached hydrogens (tertiary/aromatic N) is 2. The molecular weight excluding hydrogens is 288 g/mol. The molecule has 1 atom stereocenters. The third-order valence-electron chi connectivity index (χ3n) is 4.06. The lowest BCUT2D eigenvalue weighted by molar-refractivity contribution is 0.0960. The fraction of sp³-hybridized carbons (Fsp3) is 0.105. The molecule has 0 saturated carbocycles. The number of aliphatic imine (C=N–C) groups is 1. The highest BCUT2D eigenvalue weighted by Crippen LogP contribution is 2.37. The number of ketones is 1. The molecule has 1 aliphatic heterocycles. The van der Waals surface area contributed by atoms with Crippen molar-refractivity contribution in [2.45, 2.75) is 6.92 Å². The van der Waals surface area contributed by atoms with Crippen LogP contribution in [0.3, 0.4) is 0 Å². The fourth-order valence-corrected chi connectivity index (χ4v) is 2.84. The molecule has 0 aliphatic carbocycles. The molecule has 0 bridgehead atoms. The predicted molar refractivity (Wildman–Crippen MR) is 88.1 cm³/mol. The van der Waals surface area contributed by atoms with Gasteiger partial charge in [-0.05, 0) is 12.5 Å². The summed E-state index contributed by atoms with van der Waals surface area (Å²) in [6.45, 7) is 1.87.